The number of ether oxygens (including phenoxy) is 2. The molecule has 8 heteroatoms. The van der Waals surface area contributed by atoms with Gasteiger partial charge >= 0.3 is 5.97 Å². The Kier molecular flexibility index (Phi) is 5.63. The Hall–Kier alpha value is -3.03. The largest absolute Gasteiger partial charge is 0.497 e. The quantitative estimate of drug-likeness (QED) is 0.790. The van der Waals surface area contributed by atoms with E-state index in [1.54, 1.807) is 38.4 Å². The Morgan fingerprint density at radius 1 is 1.32 bits per heavy atom. The average molecular weight is 347 g/mol. The fourth-order valence-corrected chi connectivity index (χ4v) is 2.58. The molecule has 1 amide bonds. The molecule has 0 radical (unpaired) electrons. The highest BCUT2D eigenvalue weighted by molar-refractivity contribution is 5.95. The number of benzene rings is 1. The second-order valence-corrected chi connectivity index (χ2v) is 5.53. The van der Waals surface area contributed by atoms with Gasteiger partial charge in [0.05, 0.1) is 37.9 Å². The molecule has 0 spiro atoms. The third-order valence-corrected chi connectivity index (χ3v) is 3.76. The standard InChI is InChI=1S/C17H21N3O5/c1-10-13(9-20(2)19-10)17(23)18-14(8-16(21)22)12-6-5-11(24-3)7-15(12)25-4/h5-7,9,14H,8H2,1-4H3,(H,18,23)(H,21,22). The molecule has 0 bridgehead atoms. The van der Waals surface area contributed by atoms with Gasteiger partial charge in [0.25, 0.3) is 5.91 Å². The van der Waals surface area contributed by atoms with Crippen molar-refractivity contribution in [2.75, 3.05) is 14.2 Å². The lowest BCUT2D eigenvalue weighted by atomic mass is 10.0. The summed E-state index contributed by atoms with van der Waals surface area (Å²) in [7, 11) is 4.71. The molecule has 1 atom stereocenters. The lowest BCUT2D eigenvalue weighted by Crippen LogP contribution is -2.30. The molecular formula is C17H21N3O5. The first-order chi connectivity index (χ1) is 11.8. The van der Waals surface area contributed by atoms with Gasteiger partial charge in [0.15, 0.2) is 0 Å². The van der Waals surface area contributed by atoms with Crippen LogP contribution in [0.3, 0.4) is 0 Å². The van der Waals surface area contributed by atoms with Gasteiger partial charge < -0.3 is 19.9 Å². The Bertz CT molecular complexity index is 785. The van der Waals surface area contributed by atoms with E-state index >= 15 is 0 Å². The van der Waals surface area contributed by atoms with Crippen LogP contribution in [-0.4, -0.2) is 41.0 Å². The lowest BCUT2D eigenvalue weighted by Gasteiger charge is -2.20. The minimum Gasteiger partial charge on any atom is -0.497 e. The second kappa shape index (κ2) is 7.69. The van der Waals surface area contributed by atoms with Crippen LogP contribution in [0.2, 0.25) is 0 Å². The van der Waals surface area contributed by atoms with Gasteiger partial charge in [0, 0.05) is 24.9 Å². The first kappa shape index (κ1) is 18.3. The number of rotatable bonds is 7. The molecule has 0 aliphatic rings. The Balaban J connectivity index is 2.35. The summed E-state index contributed by atoms with van der Waals surface area (Å²) in [5, 5.41) is 16.1. The molecule has 0 aliphatic carbocycles. The van der Waals surface area contributed by atoms with E-state index < -0.39 is 17.9 Å². The van der Waals surface area contributed by atoms with E-state index in [0.717, 1.165) is 0 Å². The zero-order valence-corrected chi connectivity index (χ0v) is 14.6. The number of aliphatic carboxylic acids is 1. The number of hydrogen-bond donors (Lipinski definition) is 2. The smallest absolute Gasteiger partial charge is 0.305 e. The summed E-state index contributed by atoms with van der Waals surface area (Å²) in [5.41, 5.74) is 1.52. The molecule has 1 heterocycles. The number of nitrogens with one attached hydrogen (secondary N) is 1. The van der Waals surface area contributed by atoms with E-state index in [-0.39, 0.29) is 6.42 Å². The maximum atomic E-state index is 12.5. The summed E-state index contributed by atoms with van der Waals surface area (Å²) in [4.78, 5) is 23.8. The summed E-state index contributed by atoms with van der Waals surface area (Å²) in [6.45, 7) is 1.72. The molecule has 0 saturated heterocycles. The fourth-order valence-electron chi connectivity index (χ4n) is 2.58. The topological polar surface area (TPSA) is 103 Å². The molecule has 2 aromatic rings. The Morgan fingerprint density at radius 2 is 2.04 bits per heavy atom. The number of methoxy groups -OCH3 is 2. The molecule has 8 nitrogen and oxygen atoms in total. The van der Waals surface area contributed by atoms with Gasteiger partial charge in [-0.1, -0.05) is 0 Å². The van der Waals surface area contributed by atoms with Crippen molar-refractivity contribution in [3.05, 3.63) is 41.2 Å². The Morgan fingerprint density at radius 3 is 2.56 bits per heavy atom. The van der Waals surface area contributed by atoms with Crippen molar-refractivity contribution >= 4 is 11.9 Å². The van der Waals surface area contributed by atoms with Gasteiger partial charge in [-0.05, 0) is 19.1 Å². The van der Waals surface area contributed by atoms with Crippen LogP contribution < -0.4 is 14.8 Å². The fraction of sp³-hybridized carbons (Fsp3) is 0.353. The zero-order valence-electron chi connectivity index (χ0n) is 14.6. The number of aromatic nitrogens is 2. The van der Waals surface area contributed by atoms with Crippen LogP contribution >= 0.6 is 0 Å². The lowest BCUT2D eigenvalue weighted by molar-refractivity contribution is -0.137. The highest BCUT2D eigenvalue weighted by Gasteiger charge is 2.24. The predicted octanol–water partition coefficient (Wildman–Crippen LogP) is 1.69. The predicted molar refractivity (Wildman–Crippen MR) is 90.0 cm³/mol. The third-order valence-electron chi connectivity index (χ3n) is 3.76. The average Bonchev–Trinajstić information content (AvgIpc) is 2.91. The minimum atomic E-state index is -1.04. The molecule has 2 N–H and O–H groups in total. The highest BCUT2D eigenvalue weighted by Crippen LogP contribution is 2.31. The van der Waals surface area contributed by atoms with E-state index in [1.807, 2.05) is 0 Å². The van der Waals surface area contributed by atoms with Crippen LogP contribution in [0.4, 0.5) is 0 Å². The molecule has 1 aromatic carbocycles. The van der Waals surface area contributed by atoms with Crippen molar-refractivity contribution in [2.24, 2.45) is 7.05 Å². The maximum Gasteiger partial charge on any atom is 0.305 e. The van der Waals surface area contributed by atoms with Gasteiger partial charge in [-0.3, -0.25) is 14.3 Å². The number of aryl methyl sites for hydroxylation is 2. The van der Waals surface area contributed by atoms with Gasteiger partial charge in [-0.25, -0.2) is 0 Å². The number of nitrogens with zero attached hydrogens (tertiary/aromatic N) is 2. The number of amides is 1. The molecular weight excluding hydrogens is 326 g/mol. The van der Waals surface area contributed by atoms with Crippen LogP contribution in [0.1, 0.15) is 34.1 Å². The van der Waals surface area contributed by atoms with Crippen LogP contribution in [-0.2, 0) is 11.8 Å². The van der Waals surface area contributed by atoms with Gasteiger partial charge in [0.2, 0.25) is 0 Å². The van der Waals surface area contributed by atoms with E-state index in [0.29, 0.717) is 28.3 Å². The summed E-state index contributed by atoms with van der Waals surface area (Å²) in [6.07, 6.45) is 1.31. The highest BCUT2D eigenvalue weighted by atomic mass is 16.5. The van der Waals surface area contributed by atoms with Crippen LogP contribution in [0.5, 0.6) is 11.5 Å². The van der Waals surface area contributed by atoms with Gasteiger partial charge in [-0.15, -0.1) is 0 Å². The van der Waals surface area contributed by atoms with Crippen molar-refractivity contribution in [2.45, 2.75) is 19.4 Å². The summed E-state index contributed by atoms with van der Waals surface area (Å²) < 4.78 is 12.0. The van der Waals surface area contributed by atoms with Crippen molar-refractivity contribution < 1.29 is 24.2 Å². The first-order valence-corrected chi connectivity index (χ1v) is 7.60. The Labute approximate surface area is 145 Å². The molecule has 1 unspecified atom stereocenters. The normalized spacial score (nSPS) is 11.7. The molecule has 2 rings (SSSR count). The van der Waals surface area contributed by atoms with E-state index in [4.69, 9.17) is 9.47 Å². The number of carboxylic acid groups (broad SMARTS) is 1. The van der Waals surface area contributed by atoms with Gasteiger partial charge in [-0.2, -0.15) is 5.10 Å². The van der Waals surface area contributed by atoms with Crippen molar-refractivity contribution in [1.29, 1.82) is 0 Å². The van der Waals surface area contributed by atoms with Crippen molar-refractivity contribution in [1.82, 2.24) is 15.1 Å². The third kappa shape index (κ3) is 4.28. The molecule has 0 fully saturated rings. The molecule has 1 aromatic heterocycles. The van der Waals surface area contributed by atoms with Crippen LogP contribution in [0, 0.1) is 6.92 Å². The summed E-state index contributed by atoms with van der Waals surface area (Å²) in [5.74, 6) is -0.418. The second-order valence-electron chi connectivity index (χ2n) is 5.53. The van der Waals surface area contributed by atoms with E-state index in [2.05, 4.69) is 10.4 Å². The van der Waals surface area contributed by atoms with Gasteiger partial charge in [0.1, 0.15) is 11.5 Å². The number of carbonyl (C=O) groups is 2. The molecule has 134 valence electrons. The van der Waals surface area contributed by atoms with Crippen LogP contribution in [0.15, 0.2) is 24.4 Å². The van der Waals surface area contributed by atoms with E-state index in [1.165, 1.54) is 18.9 Å². The van der Waals surface area contributed by atoms with Crippen molar-refractivity contribution in [3.63, 3.8) is 0 Å². The SMILES string of the molecule is COc1ccc(C(CC(=O)O)NC(=O)c2cn(C)nc2C)c(OC)c1. The maximum absolute atomic E-state index is 12.5. The van der Waals surface area contributed by atoms with Crippen molar-refractivity contribution in [3.8, 4) is 11.5 Å². The zero-order chi connectivity index (χ0) is 18.6. The summed E-state index contributed by atoms with van der Waals surface area (Å²) in [6, 6.07) is 4.26. The molecule has 25 heavy (non-hydrogen) atoms. The first-order valence-electron chi connectivity index (χ1n) is 7.60. The monoisotopic (exact) mass is 347 g/mol. The summed E-state index contributed by atoms with van der Waals surface area (Å²) >= 11 is 0. The number of hydrogen-bond acceptors (Lipinski definition) is 5. The molecule has 0 aliphatic heterocycles. The molecule has 0 saturated carbocycles. The number of carbonyl (C=O) groups excluding carboxylic acids is 1. The van der Waals surface area contributed by atoms with Crippen LogP contribution in [0.25, 0.3) is 0 Å². The minimum absolute atomic E-state index is 0.284. The van der Waals surface area contributed by atoms with E-state index in [9.17, 15) is 14.7 Å². The number of carboxylic acids is 1.